The lowest BCUT2D eigenvalue weighted by Crippen LogP contribution is -2.57. The number of carbonyl (C=O) groups is 1. The van der Waals surface area contributed by atoms with Gasteiger partial charge in [0.05, 0.1) is 25.0 Å². The molecule has 0 saturated carbocycles. The molecule has 1 fully saturated rings. The second-order valence-electron chi connectivity index (χ2n) is 4.79. The van der Waals surface area contributed by atoms with Crippen molar-refractivity contribution in [3.05, 3.63) is 18.5 Å². The molecule has 0 atom stereocenters. The Morgan fingerprint density at radius 1 is 1.58 bits per heavy atom. The topological polar surface area (TPSA) is 77.7 Å². The smallest absolute Gasteiger partial charge is 0.411 e. The van der Waals surface area contributed by atoms with Crippen molar-refractivity contribution in [3.8, 4) is 5.75 Å². The monoisotopic (exact) mass is 377 g/mol. The second-order valence-corrected chi connectivity index (χ2v) is 7.39. The van der Waals surface area contributed by atoms with E-state index in [2.05, 4.69) is 27.6 Å². The summed E-state index contributed by atoms with van der Waals surface area (Å²) in [6, 6.07) is 1.71. The summed E-state index contributed by atoms with van der Waals surface area (Å²) in [6.07, 6.45) is 2.80. The highest BCUT2D eigenvalue weighted by Gasteiger charge is 2.35. The maximum atomic E-state index is 11.7. The van der Waals surface area contributed by atoms with Crippen molar-refractivity contribution in [1.29, 1.82) is 0 Å². The number of hydrogen-bond acceptors (Lipinski definition) is 5. The van der Waals surface area contributed by atoms with Crippen LogP contribution in [0.4, 0.5) is 10.5 Å². The molecule has 0 radical (unpaired) electrons. The van der Waals surface area contributed by atoms with Gasteiger partial charge in [-0.1, -0.05) is 0 Å². The van der Waals surface area contributed by atoms with Gasteiger partial charge in [-0.05, 0) is 36.4 Å². The zero-order chi connectivity index (χ0) is 14.0. The molecule has 1 aliphatic heterocycles. The molecule has 0 unspecified atom stereocenters. The fourth-order valence-electron chi connectivity index (χ4n) is 1.61. The second kappa shape index (κ2) is 5.40. The highest BCUT2D eigenvalue weighted by molar-refractivity contribution is 14.1. The molecule has 19 heavy (non-hydrogen) atoms. The Balaban J connectivity index is 1.81. The van der Waals surface area contributed by atoms with Gasteiger partial charge in [-0.3, -0.25) is 4.98 Å². The molecule has 1 aromatic heterocycles. The van der Waals surface area contributed by atoms with Gasteiger partial charge in [-0.25, -0.2) is 4.79 Å². The molecule has 2 heterocycles. The number of carbonyl (C=O) groups excluding carboxylic acids is 1. The van der Waals surface area contributed by atoms with E-state index in [1.54, 1.807) is 23.4 Å². The minimum Gasteiger partial charge on any atom is -0.484 e. The Morgan fingerprint density at radius 3 is 2.84 bits per heavy atom. The van der Waals surface area contributed by atoms with Gasteiger partial charge in [-0.2, -0.15) is 0 Å². The van der Waals surface area contributed by atoms with E-state index >= 15 is 0 Å². The fraction of sp³-hybridized carbons (Fsp3) is 0.500. The van der Waals surface area contributed by atoms with Gasteiger partial charge in [-0.15, -0.1) is 0 Å². The van der Waals surface area contributed by atoms with E-state index < -0.39 is 3.61 Å². The molecule has 7 heteroatoms. The average Bonchev–Trinajstić information content (AvgIpc) is 2.22. The summed E-state index contributed by atoms with van der Waals surface area (Å²) in [5.41, 5.74) is 6.23. The zero-order valence-electron chi connectivity index (χ0n) is 10.8. The first kappa shape index (κ1) is 14.2. The van der Waals surface area contributed by atoms with Crippen LogP contribution in [0.3, 0.4) is 0 Å². The van der Waals surface area contributed by atoms with Crippen molar-refractivity contribution in [2.45, 2.75) is 23.6 Å². The Labute approximate surface area is 125 Å². The lowest BCUT2D eigenvalue weighted by molar-refractivity contribution is -0.00102. The van der Waals surface area contributed by atoms with Crippen molar-refractivity contribution in [1.82, 2.24) is 9.88 Å². The van der Waals surface area contributed by atoms with E-state index in [4.69, 9.17) is 15.2 Å². The number of alkyl halides is 1. The highest BCUT2D eigenvalue weighted by atomic mass is 127. The van der Waals surface area contributed by atoms with Crippen LogP contribution >= 0.6 is 22.6 Å². The van der Waals surface area contributed by atoms with Gasteiger partial charge in [0.25, 0.3) is 0 Å². The molecule has 6 nitrogen and oxygen atoms in total. The number of halogens is 1. The van der Waals surface area contributed by atoms with E-state index in [9.17, 15) is 4.79 Å². The molecule has 1 aliphatic rings. The van der Waals surface area contributed by atoms with E-state index in [1.165, 1.54) is 0 Å². The van der Waals surface area contributed by atoms with Crippen LogP contribution in [-0.2, 0) is 4.74 Å². The van der Waals surface area contributed by atoms with E-state index in [1.807, 2.05) is 13.8 Å². The number of rotatable bonds is 3. The number of likely N-dealkylation sites (tertiary alicyclic amines) is 1. The summed E-state index contributed by atoms with van der Waals surface area (Å²) in [5.74, 6) is 0.599. The normalized spacial score (nSPS) is 15.8. The van der Waals surface area contributed by atoms with Gasteiger partial charge in [0.15, 0.2) is 3.61 Å². The Hall–Kier alpha value is -1.25. The van der Waals surface area contributed by atoms with Crippen molar-refractivity contribution >= 4 is 34.4 Å². The maximum absolute atomic E-state index is 11.7. The van der Waals surface area contributed by atoms with Gasteiger partial charge < -0.3 is 20.1 Å². The lowest BCUT2D eigenvalue weighted by atomic mass is 10.2. The summed E-state index contributed by atoms with van der Waals surface area (Å²) < 4.78 is 10.4. The van der Waals surface area contributed by atoms with Crippen LogP contribution in [0.1, 0.15) is 13.8 Å². The van der Waals surface area contributed by atoms with Gasteiger partial charge >= 0.3 is 6.09 Å². The number of amides is 1. The van der Waals surface area contributed by atoms with Crippen LogP contribution in [-0.4, -0.2) is 38.8 Å². The summed E-state index contributed by atoms with van der Waals surface area (Å²) in [7, 11) is 0. The van der Waals surface area contributed by atoms with Crippen molar-refractivity contribution in [2.24, 2.45) is 0 Å². The predicted octanol–water partition coefficient (Wildman–Crippen LogP) is 2.03. The van der Waals surface area contributed by atoms with E-state index in [-0.39, 0.29) is 12.2 Å². The largest absolute Gasteiger partial charge is 0.484 e. The quantitative estimate of drug-likeness (QED) is 0.645. The van der Waals surface area contributed by atoms with Crippen molar-refractivity contribution in [2.75, 3.05) is 18.8 Å². The third kappa shape index (κ3) is 3.85. The van der Waals surface area contributed by atoms with Crippen molar-refractivity contribution < 1.29 is 14.3 Å². The molecule has 2 N–H and O–H groups in total. The minimum atomic E-state index is -0.504. The molecule has 1 aromatic rings. The summed E-state index contributed by atoms with van der Waals surface area (Å²) in [6.45, 7) is 4.68. The molecule has 1 amide bonds. The number of hydrogen-bond donors (Lipinski definition) is 1. The SMILES string of the molecule is CC(C)(I)OC(=O)N1CC(Oc2ccncc2N)C1. The first-order valence-electron chi connectivity index (χ1n) is 5.88. The van der Waals surface area contributed by atoms with Gasteiger partial charge in [0.2, 0.25) is 0 Å². The molecular weight excluding hydrogens is 361 g/mol. The summed E-state index contributed by atoms with van der Waals surface area (Å²) >= 11 is 2.07. The van der Waals surface area contributed by atoms with E-state index in [0.29, 0.717) is 24.5 Å². The summed E-state index contributed by atoms with van der Waals surface area (Å²) in [5, 5.41) is 0. The molecule has 104 valence electrons. The lowest BCUT2D eigenvalue weighted by Gasteiger charge is -2.39. The third-order valence-corrected chi connectivity index (χ3v) is 2.76. The number of nitrogens with two attached hydrogens (primary N) is 1. The highest BCUT2D eigenvalue weighted by Crippen LogP contribution is 2.25. The summed E-state index contributed by atoms with van der Waals surface area (Å²) in [4.78, 5) is 17.2. The molecular formula is C12H16IN3O3. The molecule has 0 aromatic carbocycles. The first-order valence-corrected chi connectivity index (χ1v) is 6.96. The molecule has 0 bridgehead atoms. The molecule has 0 spiro atoms. The number of nitrogen functional groups attached to an aromatic ring is 1. The van der Waals surface area contributed by atoms with Crippen LogP contribution in [0, 0.1) is 0 Å². The number of nitrogens with zero attached hydrogens (tertiary/aromatic N) is 2. The standard InChI is InChI=1S/C12H16IN3O3/c1-12(2,13)19-11(17)16-6-8(7-16)18-10-3-4-15-5-9(10)14/h3-5,8H,6-7,14H2,1-2H3. The first-order chi connectivity index (χ1) is 8.85. The van der Waals surface area contributed by atoms with Gasteiger partial charge in [0.1, 0.15) is 11.9 Å². The predicted molar refractivity (Wildman–Crippen MR) is 79.2 cm³/mol. The fourth-order valence-corrected chi connectivity index (χ4v) is 1.80. The maximum Gasteiger partial charge on any atom is 0.411 e. The number of aromatic nitrogens is 1. The van der Waals surface area contributed by atoms with Crippen LogP contribution in [0.25, 0.3) is 0 Å². The Bertz CT molecular complexity index is 470. The van der Waals surface area contributed by atoms with Crippen molar-refractivity contribution in [3.63, 3.8) is 0 Å². The average molecular weight is 377 g/mol. The van der Waals surface area contributed by atoms with Crippen LogP contribution < -0.4 is 10.5 Å². The van der Waals surface area contributed by atoms with E-state index in [0.717, 1.165) is 0 Å². The van der Waals surface area contributed by atoms with Crippen LogP contribution in [0.5, 0.6) is 5.75 Å². The zero-order valence-corrected chi connectivity index (χ0v) is 13.0. The Kier molecular flexibility index (Phi) is 4.02. The minimum absolute atomic E-state index is 0.0467. The number of pyridine rings is 1. The third-order valence-electron chi connectivity index (χ3n) is 2.54. The number of ether oxygens (including phenoxy) is 2. The molecule has 2 rings (SSSR count). The van der Waals surface area contributed by atoms with Crippen LogP contribution in [0.15, 0.2) is 18.5 Å². The number of anilines is 1. The van der Waals surface area contributed by atoms with Crippen LogP contribution in [0.2, 0.25) is 0 Å². The molecule has 0 aliphatic carbocycles. The van der Waals surface area contributed by atoms with Gasteiger partial charge in [0, 0.05) is 12.3 Å². The Morgan fingerprint density at radius 2 is 2.26 bits per heavy atom. The molecule has 1 saturated heterocycles.